The van der Waals surface area contributed by atoms with E-state index in [1.54, 1.807) is 35.0 Å². The molecule has 29 heavy (non-hydrogen) atoms. The molecule has 152 valence electrons. The summed E-state index contributed by atoms with van der Waals surface area (Å²) in [4.78, 5) is 19.1. The van der Waals surface area contributed by atoms with Crippen LogP contribution in [0.2, 0.25) is 10.0 Å². The van der Waals surface area contributed by atoms with E-state index in [4.69, 9.17) is 27.7 Å². The first-order valence-corrected chi connectivity index (χ1v) is 11.0. The van der Waals surface area contributed by atoms with Gasteiger partial charge in [-0.1, -0.05) is 40.5 Å². The van der Waals surface area contributed by atoms with Crippen molar-refractivity contribution in [1.82, 2.24) is 15.0 Å². The minimum Gasteiger partial charge on any atom is -0.361 e. The second-order valence-electron chi connectivity index (χ2n) is 6.61. The summed E-state index contributed by atoms with van der Waals surface area (Å²) in [6, 6.07) is 11.1. The number of hydrogen-bond acceptors (Lipinski definition) is 5. The zero-order valence-corrected chi connectivity index (χ0v) is 18.5. The Labute approximate surface area is 184 Å². The molecule has 0 unspecified atom stereocenters. The lowest BCUT2D eigenvalue weighted by Gasteiger charge is -2.23. The van der Waals surface area contributed by atoms with Crippen molar-refractivity contribution in [3.05, 3.63) is 80.9 Å². The highest BCUT2D eigenvalue weighted by Gasteiger charge is 2.17. The van der Waals surface area contributed by atoms with Gasteiger partial charge in [-0.3, -0.25) is 9.78 Å². The van der Waals surface area contributed by atoms with Crippen LogP contribution < -0.4 is 0 Å². The largest absolute Gasteiger partial charge is 0.361 e. The van der Waals surface area contributed by atoms with Crippen molar-refractivity contribution in [2.75, 3.05) is 5.75 Å². The molecule has 8 heteroatoms. The van der Waals surface area contributed by atoms with Crippen LogP contribution in [-0.4, -0.2) is 26.7 Å². The Kier molecular flexibility index (Phi) is 7.58. The molecular weight excluding hydrogens is 429 g/mol. The molecule has 1 aromatic carbocycles. The molecule has 0 aliphatic carbocycles. The number of nitrogens with zero attached hydrogens (tertiary/aromatic N) is 3. The highest BCUT2D eigenvalue weighted by atomic mass is 35.5. The molecule has 1 amide bonds. The fraction of sp³-hybridized carbons (Fsp3) is 0.286. The summed E-state index contributed by atoms with van der Waals surface area (Å²) in [6.45, 7) is 4.64. The Balaban J connectivity index is 1.69. The van der Waals surface area contributed by atoms with Crippen LogP contribution in [0.15, 0.2) is 47.1 Å². The standard InChI is InChI=1S/C21H21Cl2N3O2S/c1-14-18(15(2)28-25-14)12-29-13-21(27)26(11-17-5-3-4-8-24-17)10-16-6-7-19(22)20(23)9-16/h3-9H,10-13H2,1-2H3. The Bertz CT molecular complexity index is 960. The third-order valence-corrected chi connectivity index (χ3v) is 6.13. The van der Waals surface area contributed by atoms with Gasteiger partial charge in [0.1, 0.15) is 5.76 Å². The Morgan fingerprint density at radius 2 is 1.97 bits per heavy atom. The average Bonchev–Trinajstić information content (AvgIpc) is 3.03. The summed E-state index contributed by atoms with van der Waals surface area (Å²) >= 11 is 13.7. The normalized spacial score (nSPS) is 10.9. The molecule has 0 aliphatic rings. The number of carbonyl (C=O) groups excluding carboxylic acids is 1. The van der Waals surface area contributed by atoms with E-state index in [2.05, 4.69) is 10.1 Å². The number of carbonyl (C=O) groups is 1. The molecule has 0 N–H and O–H groups in total. The molecule has 2 aromatic heterocycles. The van der Waals surface area contributed by atoms with Crippen LogP contribution in [-0.2, 0) is 23.6 Å². The number of halogens is 2. The molecule has 0 fully saturated rings. The molecule has 0 spiro atoms. The molecular formula is C21H21Cl2N3O2S. The lowest BCUT2D eigenvalue weighted by atomic mass is 10.2. The van der Waals surface area contributed by atoms with Crippen LogP contribution >= 0.6 is 35.0 Å². The van der Waals surface area contributed by atoms with Crippen molar-refractivity contribution in [3.8, 4) is 0 Å². The Hall–Kier alpha value is -2.02. The van der Waals surface area contributed by atoms with Gasteiger partial charge < -0.3 is 9.42 Å². The molecule has 0 atom stereocenters. The maximum absolute atomic E-state index is 13.0. The minimum atomic E-state index is 0.0264. The number of amides is 1. The van der Waals surface area contributed by atoms with Crippen molar-refractivity contribution < 1.29 is 9.32 Å². The van der Waals surface area contributed by atoms with E-state index in [0.717, 1.165) is 28.3 Å². The van der Waals surface area contributed by atoms with Gasteiger partial charge in [0.25, 0.3) is 0 Å². The average molecular weight is 450 g/mol. The van der Waals surface area contributed by atoms with E-state index in [-0.39, 0.29) is 5.91 Å². The molecule has 5 nitrogen and oxygen atoms in total. The number of aryl methyl sites for hydroxylation is 2. The van der Waals surface area contributed by atoms with Gasteiger partial charge in [-0.05, 0) is 43.7 Å². The SMILES string of the molecule is Cc1noc(C)c1CSCC(=O)N(Cc1ccc(Cl)c(Cl)c1)Cc1ccccn1. The molecule has 0 radical (unpaired) electrons. The zero-order valence-electron chi connectivity index (χ0n) is 16.2. The summed E-state index contributed by atoms with van der Waals surface area (Å²) in [7, 11) is 0. The van der Waals surface area contributed by atoms with Gasteiger partial charge in [-0.2, -0.15) is 0 Å². The van der Waals surface area contributed by atoms with Crippen LogP contribution in [0.1, 0.15) is 28.3 Å². The van der Waals surface area contributed by atoms with Gasteiger partial charge in [0, 0.05) is 24.1 Å². The number of hydrogen-bond donors (Lipinski definition) is 0. The summed E-state index contributed by atoms with van der Waals surface area (Å²) in [6.07, 6.45) is 1.73. The molecule has 3 aromatic rings. The monoisotopic (exact) mass is 449 g/mol. The van der Waals surface area contributed by atoms with Gasteiger partial charge >= 0.3 is 0 Å². The van der Waals surface area contributed by atoms with E-state index < -0.39 is 0 Å². The minimum absolute atomic E-state index is 0.0264. The zero-order chi connectivity index (χ0) is 20.8. The first-order valence-electron chi connectivity index (χ1n) is 9.05. The predicted molar refractivity (Wildman–Crippen MR) is 117 cm³/mol. The Morgan fingerprint density at radius 3 is 2.62 bits per heavy atom. The second kappa shape index (κ2) is 10.1. The first kappa shape index (κ1) is 21.7. The van der Waals surface area contributed by atoms with Crippen LogP contribution in [0.3, 0.4) is 0 Å². The highest BCUT2D eigenvalue weighted by Crippen LogP contribution is 2.24. The summed E-state index contributed by atoms with van der Waals surface area (Å²) in [5.41, 5.74) is 3.66. The number of benzene rings is 1. The highest BCUT2D eigenvalue weighted by molar-refractivity contribution is 7.99. The quantitative estimate of drug-likeness (QED) is 0.457. The molecule has 0 bridgehead atoms. The van der Waals surface area contributed by atoms with Crippen LogP contribution in [0.4, 0.5) is 0 Å². The van der Waals surface area contributed by atoms with Crippen LogP contribution in [0, 0.1) is 13.8 Å². The Morgan fingerprint density at radius 1 is 1.14 bits per heavy atom. The van der Waals surface area contributed by atoms with E-state index in [0.29, 0.717) is 34.6 Å². The van der Waals surface area contributed by atoms with Crippen molar-refractivity contribution in [1.29, 1.82) is 0 Å². The summed E-state index contributed by atoms with van der Waals surface area (Å²) < 4.78 is 5.19. The van der Waals surface area contributed by atoms with Crippen molar-refractivity contribution in [3.63, 3.8) is 0 Å². The summed E-state index contributed by atoms with van der Waals surface area (Å²) in [5.74, 6) is 1.84. The lowest BCUT2D eigenvalue weighted by Crippen LogP contribution is -2.32. The van der Waals surface area contributed by atoms with Crippen LogP contribution in [0.5, 0.6) is 0 Å². The lowest BCUT2D eigenvalue weighted by molar-refractivity contribution is -0.129. The van der Waals surface area contributed by atoms with E-state index in [9.17, 15) is 4.79 Å². The maximum atomic E-state index is 13.0. The van der Waals surface area contributed by atoms with Gasteiger partial charge in [0.05, 0.1) is 33.7 Å². The van der Waals surface area contributed by atoms with Gasteiger partial charge in [0.2, 0.25) is 5.91 Å². The molecule has 0 saturated heterocycles. The first-order chi connectivity index (χ1) is 13.9. The summed E-state index contributed by atoms with van der Waals surface area (Å²) in [5, 5.41) is 4.93. The molecule has 0 aliphatic heterocycles. The fourth-order valence-corrected chi connectivity index (χ4v) is 4.21. The second-order valence-corrected chi connectivity index (χ2v) is 8.41. The van der Waals surface area contributed by atoms with Gasteiger partial charge in [-0.15, -0.1) is 11.8 Å². The van der Waals surface area contributed by atoms with E-state index >= 15 is 0 Å². The third-order valence-electron chi connectivity index (χ3n) is 4.44. The van der Waals surface area contributed by atoms with Gasteiger partial charge in [-0.25, -0.2) is 0 Å². The molecule has 3 rings (SSSR count). The maximum Gasteiger partial charge on any atom is 0.233 e. The number of pyridine rings is 1. The van der Waals surface area contributed by atoms with Gasteiger partial charge in [0.15, 0.2) is 0 Å². The van der Waals surface area contributed by atoms with E-state index in [1.165, 1.54) is 0 Å². The molecule has 0 saturated carbocycles. The van der Waals surface area contributed by atoms with Crippen molar-refractivity contribution in [2.45, 2.75) is 32.7 Å². The predicted octanol–water partition coefficient (Wildman–Crippen LogP) is 5.46. The fourth-order valence-electron chi connectivity index (χ4n) is 2.82. The smallest absolute Gasteiger partial charge is 0.233 e. The van der Waals surface area contributed by atoms with Crippen LogP contribution in [0.25, 0.3) is 0 Å². The third kappa shape index (κ3) is 5.98. The number of aromatic nitrogens is 2. The molecule has 2 heterocycles. The number of thioether (sulfide) groups is 1. The van der Waals surface area contributed by atoms with Crippen molar-refractivity contribution in [2.24, 2.45) is 0 Å². The topological polar surface area (TPSA) is 59.2 Å². The van der Waals surface area contributed by atoms with E-state index in [1.807, 2.05) is 38.1 Å². The van der Waals surface area contributed by atoms with Crippen molar-refractivity contribution >= 4 is 40.9 Å². The number of rotatable bonds is 8.